The maximum atomic E-state index is 12.6. The Kier molecular flexibility index (Phi) is 3.71. The summed E-state index contributed by atoms with van der Waals surface area (Å²) >= 11 is 1.57. The van der Waals surface area contributed by atoms with Gasteiger partial charge in [0, 0.05) is 30.9 Å². The van der Waals surface area contributed by atoms with Gasteiger partial charge < -0.3 is 9.47 Å². The Bertz CT molecular complexity index is 822. The second-order valence-electron chi connectivity index (χ2n) is 5.72. The lowest BCUT2D eigenvalue weighted by molar-refractivity contribution is -0.131. The van der Waals surface area contributed by atoms with Gasteiger partial charge in [-0.05, 0) is 29.7 Å². The summed E-state index contributed by atoms with van der Waals surface area (Å²) in [7, 11) is 0. The van der Waals surface area contributed by atoms with Crippen molar-refractivity contribution in [1.82, 2.24) is 14.5 Å². The second-order valence-corrected chi connectivity index (χ2v) is 6.56. The van der Waals surface area contributed by atoms with E-state index in [0.717, 1.165) is 23.8 Å². The molecular weight excluding hydrogens is 306 g/mol. The monoisotopic (exact) mass is 323 g/mol. The topological polar surface area (TPSA) is 38.1 Å². The third-order valence-electron chi connectivity index (χ3n) is 4.18. The van der Waals surface area contributed by atoms with Crippen LogP contribution in [-0.2, 0) is 24.2 Å². The van der Waals surface area contributed by atoms with Gasteiger partial charge in [-0.25, -0.2) is 4.98 Å². The normalized spacial score (nSPS) is 13.8. The van der Waals surface area contributed by atoms with Gasteiger partial charge >= 0.3 is 0 Å². The minimum Gasteiger partial charge on any atom is -0.338 e. The van der Waals surface area contributed by atoms with Gasteiger partial charge in [-0.2, -0.15) is 0 Å². The molecule has 1 aliphatic rings. The largest absolute Gasteiger partial charge is 0.338 e. The number of carbonyl (C=O) groups is 1. The van der Waals surface area contributed by atoms with Gasteiger partial charge in [-0.3, -0.25) is 4.79 Å². The molecule has 0 spiro atoms. The van der Waals surface area contributed by atoms with Crippen LogP contribution >= 0.6 is 11.3 Å². The first-order chi connectivity index (χ1) is 11.3. The molecule has 0 saturated heterocycles. The van der Waals surface area contributed by atoms with Crippen LogP contribution in [-0.4, -0.2) is 26.9 Å². The lowest BCUT2D eigenvalue weighted by Gasteiger charge is -2.28. The zero-order valence-corrected chi connectivity index (χ0v) is 13.5. The molecule has 1 aromatic carbocycles. The van der Waals surface area contributed by atoms with Crippen molar-refractivity contribution in [2.45, 2.75) is 19.4 Å². The van der Waals surface area contributed by atoms with E-state index in [9.17, 15) is 4.79 Å². The maximum Gasteiger partial charge on any atom is 0.228 e. The molecule has 4 nitrogen and oxygen atoms in total. The Morgan fingerprint density at radius 1 is 1.13 bits per heavy atom. The zero-order valence-electron chi connectivity index (χ0n) is 12.7. The highest BCUT2D eigenvalue weighted by Crippen LogP contribution is 2.20. The van der Waals surface area contributed by atoms with E-state index in [1.54, 1.807) is 11.3 Å². The molecule has 23 heavy (non-hydrogen) atoms. The highest BCUT2D eigenvalue weighted by Gasteiger charge is 2.21. The molecule has 0 fully saturated rings. The van der Waals surface area contributed by atoms with Gasteiger partial charge in [0.05, 0.1) is 12.1 Å². The van der Waals surface area contributed by atoms with E-state index < -0.39 is 0 Å². The molecule has 0 atom stereocenters. The summed E-state index contributed by atoms with van der Waals surface area (Å²) < 4.78 is 1.97. The van der Waals surface area contributed by atoms with Crippen molar-refractivity contribution >= 4 is 17.2 Å². The minimum atomic E-state index is 0.156. The maximum absolute atomic E-state index is 12.6. The van der Waals surface area contributed by atoms with E-state index in [4.69, 9.17) is 0 Å². The van der Waals surface area contributed by atoms with Crippen molar-refractivity contribution in [3.05, 3.63) is 71.0 Å². The summed E-state index contributed by atoms with van der Waals surface area (Å²) in [6.45, 7) is 1.51. The fourth-order valence-electron chi connectivity index (χ4n) is 2.93. The first-order valence-electron chi connectivity index (χ1n) is 7.72. The van der Waals surface area contributed by atoms with Gasteiger partial charge in [0.1, 0.15) is 0 Å². The molecular formula is C18H17N3OS. The molecule has 3 aromatic rings. The van der Waals surface area contributed by atoms with Crippen LogP contribution < -0.4 is 0 Å². The number of benzene rings is 1. The molecule has 0 radical (unpaired) electrons. The minimum absolute atomic E-state index is 0.156. The number of aromatic nitrogens is 2. The molecule has 3 heterocycles. The molecule has 0 saturated carbocycles. The fraction of sp³-hybridized carbons (Fsp3) is 0.222. The van der Waals surface area contributed by atoms with Gasteiger partial charge in [0.15, 0.2) is 5.13 Å². The molecule has 0 N–H and O–H groups in total. The molecule has 2 aromatic heterocycles. The first-order valence-corrected chi connectivity index (χ1v) is 8.60. The molecule has 5 heteroatoms. The number of fused-ring (bicyclic) bond motifs is 1. The summed E-state index contributed by atoms with van der Waals surface area (Å²) in [5.41, 5.74) is 3.47. The Morgan fingerprint density at radius 3 is 2.74 bits per heavy atom. The van der Waals surface area contributed by atoms with Crippen LogP contribution in [0.5, 0.6) is 0 Å². The number of hydrogen-bond donors (Lipinski definition) is 0. The highest BCUT2D eigenvalue weighted by atomic mass is 32.1. The van der Waals surface area contributed by atoms with Crippen LogP contribution in [0.1, 0.15) is 16.8 Å². The van der Waals surface area contributed by atoms with Crippen LogP contribution in [0.4, 0.5) is 0 Å². The standard InChI is InChI=1S/C18H17N3OS/c22-17(21-10-7-14-5-1-2-6-15(14)12-21)11-16-13-23-18(19-16)20-8-3-4-9-20/h1-6,8-9,13H,7,10-12H2. The third kappa shape index (κ3) is 2.92. The molecule has 4 rings (SSSR count). The molecule has 0 aliphatic carbocycles. The van der Waals surface area contributed by atoms with Crippen molar-refractivity contribution < 1.29 is 4.79 Å². The number of nitrogens with zero attached hydrogens (tertiary/aromatic N) is 3. The van der Waals surface area contributed by atoms with Crippen LogP contribution in [0.15, 0.2) is 54.2 Å². The Labute approximate surface area is 139 Å². The van der Waals surface area contributed by atoms with Gasteiger partial charge in [-0.1, -0.05) is 24.3 Å². The van der Waals surface area contributed by atoms with Crippen molar-refractivity contribution in [2.24, 2.45) is 0 Å². The quantitative estimate of drug-likeness (QED) is 0.743. The zero-order chi connectivity index (χ0) is 15.6. The number of carbonyl (C=O) groups excluding carboxylic acids is 1. The average Bonchev–Trinajstić information content (AvgIpc) is 3.25. The van der Waals surface area contributed by atoms with E-state index in [-0.39, 0.29) is 5.91 Å². The number of thiazole rings is 1. The van der Waals surface area contributed by atoms with Crippen LogP contribution in [0.3, 0.4) is 0 Å². The molecule has 116 valence electrons. The van der Waals surface area contributed by atoms with Gasteiger partial charge in [0.2, 0.25) is 5.91 Å². The van der Waals surface area contributed by atoms with Gasteiger partial charge in [0.25, 0.3) is 0 Å². The molecule has 1 aliphatic heterocycles. The molecule has 1 amide bonds. The van der Waals surface area contributed by atoms with E-state index in [1.165, 1.54) is 11.1 Å². The van der Waals surface area contributed by atoms with E-state index in [2.05, 4.69) is 23.2 Å². The van der Waals surface area contributed by atoms with Crippen LogP contribution in [0.25, 0.3) is 5.13 Å². The van der Waals surface area contributed by atoms with E-state index in [1.807, 2.05) is 45.4 Å². The van der Waals surface area contributed by atoms with Crippen molar-refractivity contribution in [1.29, 1.82) is 0 Å². The highest BCUT2D eigenvalue weighted by molar-refractivity contribution is 7.12. The average molecular weight is 323 g/mol. The van der Waals surface area contributed by atoms with Crippen LogP contribution in [0.2, 0.25) is 0 Å². The van der Waals surface area contributed by atoms with Crippen molar-refractivity contribution in [3.8, 4) is 5.13 Å². The third-order valence-corrected chi connectivity index (χ3v) is 5.08. The predicted molar refractivity (Wildman–Crippen MR) is 90.7 cm³/mol. The van der Waals surface area contributed by atoms with E-state index >= 15 is 0 Å². The number of amides is 1. The Balaban J connectivity index is 1.45. The smallest absolute Gasteiger partial charge is 0.228 e. The summed E-state index contributed by atoms with van der Waals surface area (Å²) in [5, 5.41) is 2.88. The van der Waals surface area contributed by atoms with E-state index in [0.29, 0.717) is 13.0 Å². The summed E-state index contributed by atoms with van der Waals surface area (Å²) in [6.07, 6.45) is 5.24. The molecule has 0 bridgehead atoms. The first kappa shape index (κ1) is 14.2. The van der Waals surface area contributed by atoms with Crippen LogP contribution in [0, 0.1) is 0 Å². The van der Waals surface area contributed by atoms with Crippen molar-refractivity contribution in [2.75, 3.05) is 6.54 Å². The number of rotatable bonds is 3. The number of hydrogen-bond acceptors (Lipinski definition) is 3. The lowest BCUT2D eigenvalue weighted by Crippen LogP contribution is -2.36. The fourth-order valence-corrected chi connectivity index (χ4v) is 3.72. The van der Waals surface area contributed by atoms with Crippen molar-refractivity contribution in [3.63, 3.8) is 0 Å². The second kappa shape index (κ2) is 6.01. The SMILES string of the molecule is O=C(Cc1csc(-n2cccc2)n1)N1CCc2ccccc2C1. The Hall–Kier alpha value is -2.40. The Morgan fingerprint density at radius 2 is 1.91 bits per heavy atom. The lowest BCUT2D eigenvalue weighted by atomic mass is 10.00. The predicted octanol–water partition coefficient (Wildman–Crippen LogP) is 3.06. The summed E-state index contributed by atoms with van der Waals surface area (Å²) in [6, 6.07) is 12.3. The summed E-state index contributed by atoms with van der Waals surface area (Å²) in [4.78, 5) is 19.1. The van der Waals surface area contributed by atoms with Gasteiger partial charge in [-0.15, -0.1) is 11.3 Å². The summed E-state index contributed by atoms with van der Waals surface area (Å²) in [5.74, 6) is 0.156. The molecule has 0 unspecified atom stereocenters.